The Labute approximate surface area is 68.2 Å². The summed E-state index contributed by atoms with van der Waals surface area (Å²) in [6.07, 6.45) is 2.86. The van der Waals surface area contributed by atoms with Crippen LogP contribution >= 0.6 is 0 Å². The molecule has 11 heavy (non-hydrogen) atoms. The molecule has 0 aliphatic carbocycles. The smallest absolute Gasteiger partial charge is 0.0431 e. The fourth-order valence-electron chi connectivity index (χ4n) is 1.74. The zero-order valence-corrected chi connectivity index (χ0v) is 7.21. The van der Waals surface area contributed by atoms with Gasteiger partial charge in [0, 0.05) is 18.7 Å². The third kappa shape index (κ3) is 2.43. The third-order valence-corrected chi connectivity index (χ3v) is 2.41. The second-order valence-corrected chi connectivity index (χ2v) is 3.68. The minimum atomic E-state index is -0.0164. The lowest BCUT2D eigenvalue weighted by Gasteiger charge is -2.22. The van der Waals surface area contributed by atoms with Crippen molar-refractivity contribution in [3.63, 3.8) is 0 Å². The van der Waals surface area contributed by atoms with E-state index < -0.39 is 0 Å². The molecule has 1 aliphatic rings. The highest BCUT2D eigenvalue weighted by atomic mass is 16.2. The van der Waals surface area contributed by atoms with Gasteiger partial charge in [-0.25, -0.2) is 0 Å². The number of hydrogen-bond donors (Lipinski definition) is 2. The molecule has 3 heteroatoms. The molecule has 0 spiro atoms. The normalized spacial score (nSPS) is 33.0. The number of likely N-dealkylation sites (N-methyl/N-ethyl adjacent to an activating group) is 1. The van der Waals surface area contributed by atoms with Gasteiger partial charge in [-0.2, -0.15) is 0 Å². The molecule has 0 aromatic rings. The Balaban J connectivity index is 2.29. The Kier molecular flexibility index (Phi) is 2.87. The monoisotopic (exact) mass is 158 g/mol. The van der Waals surface area contributed by atoms with Crippen LogP contribution in [0.15, 0.2) is 0 Å². The SMILES string of the molecule is CN1CCC(N)(CCCO)C1. The first-order valence-electron chi connectivity index (χ1n) is 4.25. The molecule has 1 rings (SSSR count). The van der Waals surface area contributed by atoms with Crippen LogP contribution in [-0.2, 0) is 0 Å². The summed E-state index contributed by atoms with van der Waals surface area (Å²) >= 11 is 0. The summed E-state index contributed by atoms with van der Waals surface area (Å²) in [6.45, 7) is 2.34. The number of aliphatic hydroxyl groups excluding tert-OH is 1. The maximum atomic E-state index is 8.64. The van der Waals surface area contributed by atoms with E-state index >= 15 is 0 Å². The summed E-state index contributed by atoms with van der Waals surface area (Å²) in [5, 5.41) is 8.64. The van der Waals surface area contributed by atoms with Crippen molar-refractivity contribution in [2.45, 2.75) is 24.8 Å². The van der Waals surface area contributed by atoms with Crippen molar-refractivity contribution >= 4 is 0 Å². The van der Waals surface area contributed by atoms with Gasteiger partial charge in [0.1, 0.15) is 0 Å². The van der Waals surface area contributed by atoms with Crippen LogP contribution in [0, 0.1) is 0 Å². The number of aliphatic hydroxyl groups is 1. The minimum absolute atomic E-state index is 0.0164. The van der Waals surface area contributed by atoms with E-state index in [-0.39, 0.29) is 12.1 Å². The first-order valence-corrected chi connectivity index (χ1v) is 4.25. The van der Waals surface area contributed by atoms with Crippen molar-refractivity contribution in [3.05, 3.63) is 0 Å². The van der Waals surface area contributed by atoms with Gasteiger partial charge in [-0.3, -0.25) is 0 Å². The highest BCUT2D eigenvalue weighted by molar-refractivity contribution is 4.92. The van der Waals surface area contributed by atoms with Gasteiger partial charge in [-0.1, -0.05) is 0 Å². The highest BCUT2D eigenvalue weighted by Gasteiger charge is 2.31. The van der Waals surface area contributed by atoms with Crippen LogP contribution in [0.2, 0.25) is 0 Å². The largest absolute Gasteiger partial charge is 0.396 e. The first-order chi connectivity index (χ1) is 5.16. The molecule has 66 valence electrons. The zero-order valence-electron chi connectivity index (χ0n) is 7.21. The third-order valence-electron chi connectivity index (χ3n) is 2.41. The van der Waals surface area contributed by atoms with Gasteiger partial charge in [0.05, 0.1) is 0 Å². The fourth-order valence-corrected chi connectivity index (χ4v) is 1.74. The molecule has 0 saturated carbocycles. The molecule has 0 aromatic carbocycles. The molecule has 0 amide bonds. The lowest BCUT2D eigenvalue weighted by molar-refractivity contribution is 0.259. The molecule has 3 N–H and O–H groups in total. The van der Waals surface area contributed by atoms with Crippen LogP contribution in [0.1, 0.15) is 19.3 Å². The van der Waals surface area contributed by atoms with E-state index in [1.54, 1.807) is 0 Å². The maximum Gasteiger partial charge on any atom is 0.0431 e. The Morgan fingerprint density at radius 2 is 2.36 bits per heavy atom. The lowest BCUT2D eigenvalue weighted by Crippen LogP contribution is -2.42. The average Bonchev–Trinajstić information content (AvgIpc) is 2.28. The van der Waals surface area contributed by atoms with Crippen molar-refractivity contribution in [3.8, 4) is 0 Å². The molecule has 1 fully saturated rings. The molecule has 1 saturated heterocycles. The van der Waals surface area contributed by atoms with Crippen LogP contribution in [0.3, 0.4) is 0 Å². The fraction of sp³-hybridized carbons (Fsp3) is 1.00. The Morgan fingerprint density at radius 3 is 2.82 bits per heavy atom. The van der Waals surface area contributed by atoms with Crippen LogP contribution in [-0.4, -0.2) is 42.3 Å². The second kappa shape index (κ2) is 3.52. The molecular formula is C8H18N2O. The van der Waals surface area contributed by atoms with Gasteiger partial charge in [-0.15, -0.1) is 0 Å². The number of rotatable bonds is 3. The molecule has 1 unspecified atom stereocenters. The van der Waals surface area contributed by atoms with E-state index in [1.165, 1.54) is 0 Å². The topological polar surface area (TPSA) is 49.5 Å². The minimum Gasteiger partial charge on any atom is -0.396 e. The summed E-state index contributed by atoms with van der Waals surface area (Å²) in [7, 11) is 2.09. The molecule has 1 atom stereocenters. The van der Waals surface area contributed by atoms with E-state index in [0.29, 0.717) is 0 Å². The summed E-state index contributed by atoms with van der Waals surface area (Å²) in [4.78, 5) is 2.25. The average molecular weight is 158 g/mol. The van der Waals surface area contributed by atoms with E-state index in [1.807, 2.05) is 0 Å². The maximum absolute atomic E-state index is 8.64. The number of hydrogen-bond acceptors (Lipinski definition) is 3. The van der Waals surface area contributed by atoms with Crippen molar-refractivity contribution in [1.29, 1.82) is 0 Å². The lowest BCUT2D eigenvalue weighted by atomic mass is 9.94. The Hall–Kier alpha value is -0.120. The van der Waals surface area contributed by atoms with E-state index in [0.717, 1.165) is 32.4 Å². The van der Waals surface area contributed by atoms with Crippen molar-refractivity contribution in [1.82, 2.24) is 4.90 Å². The molecule has 0 radical (unpaired) electrons. The van der Waals surface area contributed by atoms with Gasteiger partial charge >= 0.3 is 0 Å². The molecule has 0 aromatic heterocycles. The van der Waals surface area contributed by atoms with E-state index in [2.05, 4.69) is 11.9 Å². The summed E-state index contributed by atoms with van der Waals surface area (Å²) < 4.78 is 0. The van der Waals surface area contributed by atoms with Gasteiger partial charge in [0.25, 0.3) is 0 Å². The Bertz CT molecular complexity index is 129. The number of nitrogens with zero attached hydrogens (tertiary/aromatic N) is 1. The van der Waals surface area contributed by atoms with Crippen molar-refractivity contribution in [2.75, 3.05) is 26.7 Å². The first kappa shape index (κ1) is 8.97. The Morgan fingerprint density at radius 1 is 1.64 bits per heavy atom. The van der Waals surface area contributed by atoms with Crippen LogP contribution in [0.25, 0.3) is 0 Å². The van der Waals surface area contributed by atoms with Crippen LogP contribution < -0.4 is 5.73 Å². The van der Waals surface area contributed by atoms with Gasteiger partial charge in [0.15, 0.2) is 0 Å². The molecular weight excluding hydrogens is 140 g/mol. The highest BCUT2D eigenvalue weighted by Crippen LogP contribution is 2.21. The van der Waals surface area contributed by atoms with Gasteiger partial charge in [-0.05, 0) is 32.9 Å². The van der Waals surface area contributed by atoms with Gasteiger partial charge in [0.2, 0.25) is 0 Å². The molecule has 1 aliphatic heterocycles. The molecule has 1 heterocycles. The predicted octanol–water partition coefficient (Wildman–Crippen LogP) is -0.208. The zero-order chi connectivity index (χ0) is 8.32. The molecule has 3 nitrogen and oxygen atoms in total. The summed E-state index contributed by atoms with van der Waals surface area (Å²) in [6, 6.07) is 0. The standard InChI is InChI=1S/C8H18N2O/c1-10-5-4-8(9,7-10)3-2-6-11/h11H,2-7,9H2,1H3. The quantitative estimate of drug-likeness (QED) is 0.597. The summed E-state index contributed by atoms with van der Waals surface area (Å²) in [5.74, 6) is 0. The molecule has 0 bridgehead atoms. The van der Waals surface area contributed by atoms with Crippen molar-refractivity contribution < 1.29 is 5.11 Å². The van der Waals surface area contributed by atoms with E-state index in [9.17, 15) is 0 Å². The summed E-state index contributed by atoms with van der Waals surface area (Å²) in [5.41, 5.74) is 6.07. The van der Waals surface area contributed by atoms with Crippen LogP contribution in [0.5, 0.6) is 0 Å². The predicted molar refractivity (Wildman–Crippen MR) is 45.4 cm³/mol. The van der Waals surface area contributed by atoms with Crippen molar-refractivity contribution in [2.24, 2.45) is 5.73 Å². The number of nitrogens with two attached hydrogens (primary N) is 1. The second-order valence-electron chi connectivity index (χ2n) is 3.68. The van der Waals surface area contributed by atoms with E-state index in [4.69, 9.17) is 10.8 Å². The van der Waals surface area contributed by atoms with Crippen LogP contribution in [0.4, 0.5) is 0 Å². The number of likely N-dealkylation sites (tertiary alicyclic amines) is 1. The van der Waals surface area contributed by atoms with Gasteiger partial charge < -0.3 is 15.7 Å².